The molecule has 114 valence electrons. The second-order valence-electron chi connectivity index (χ2n) is 5.24. The molecule has 1 aromatic carbocycles. The molecule has 21 heavy (non-hydrogen) atoms. The van der Waals surface area contributed by atoms with Gasteiger partial charge in [-0.05, 0) is 30.0 Å². The summed E-state index contributed by atoms with van der Waals surface area (Å²) < 4.78 is 5.08. The molecule has 4 heteroatoms. The van der Waals surface area contributed by atoms with Crippen LogP contribution in [-0.2, 0) is 17.8 Å². The fourth-order valence-corrected chi connectivity index (χ4v) is 3.10. The van der Waals surface area contributed by atoms with E-state index in [1.54, 1.807) is 18.4 Å². The Morgan fingerprint density at radius 2 is 2.14 bits per heavy atom. The van der Waals surface area contributed by atoms with Gasteiger partial charge in [0.1, 0.15) is 0 Å². The van der Waals surface area contributed by atoms with Gasteiger partial charge in [0.2, 0.25) is 0 Å². The van der Waals surface area contributed by atoms with Crippen molar-refractivity contribution in [3.63, 3.8) is 0 Å². The van der Waals surface area contributed by atoms with Crippen molar-refractivity contribution in [1.82, 2.24) is 5.32 Å². The van der Waals surface area contributed by atoms with Crippen LogP contribution in [0.15, 0.2) is 35.7 Å². The van der Waals surface area contributed by atoms with E-state index in [0.29, 0.717) is 0 Å². The molecule has 0 saturated carbocycles. The van der Waals surface area contributed by atoms with Crippen LogP contribution in [-0.4, -0.2) is 27.3 Å². The van der Waals surface area contributed by atoms with E-state index in [1.807, 2.05) is 0 Å². The second kappa shape index (κ2) is 8.17. The highest BCUT2D eigenvalue weighted by Crippen LogP contribution is 2.23. The molecule has 0 unspecified atom stereocenters. The largest absolute Gasteiger partial charge is 0.383 e. The molecule has 1 heterocycles. The van der Waals surface area contributed by atoms with E-state index >= 15 is 0 Å². The highest BCUT2D eigenvalue weighted by atomic mass is 32.1. The van der Waals surface area contributed by atoms with Crippen LogP contribution in [0.1, 0.15) is 16.0 Å². The van der Waals surface area contributed by atoms with Gasteiger partial charge in [-0.2, -0.15) is 0 Å². The Hall–Kier alpha value is -1.36. The number of ether oxygens (including phenoxy) is 1. The number of aryl methyl sites for hydroxylation is 1. The summed E-state index contributed by atoms with van der Waals surface area (Å²) in [5.41, 5.74) is 3.93. The first-order chi connectivity index (χ1) is 10.2. The number of anilines is 1. The quantitative estimate of drug-likeness (QED) is 0.756. The molecule has 2 rings (SSSR count). The van der Waals surface area contributed by atoms with Crippen molar-refractivity contribution >= 4 is 17.0 Å². The topological polar surface area (TPSA) is 24.5 Å². The molecule has 0 radical (unpaired) electrons. The molecule has 0 atom stereocenters. The first kappa shape index (κ1) is 16.0. The number of hydrogen-bond donors (Lipinski definition) is 1. The van der Waals surface area contributed by atoms with Gasteiger partial charge in [0.15, 0.2) is 0 Å². The maximum absolute atomic E-state index is 5.08. The molecule has 3 nitrogen and oxygen atoms in total. The van der Waals surface area contributed by atoms with Crippen LogP contribution < -0.4 is 10.2 Å². The summed E-state index contributed by atoms with van der Waals surface area (Å²) in [6, 6.07) is 11.0. The third kappa shape index (κ3) is 4.84. The van der Waals surface area contributed by atoms with Crippen molar-refractivity contribution in [3.05, 3.63) is 51.7 Å². The molecule has 0 aliphatic carbocycles. The Kier molecular flexibility index (Phi) is 6.23. The first-order valence-corrected chi connectivity index (χ1v) is 8.11. The lowest BCUT2D eigenvalue weighted by Crippen LogP contribution is -2.22. The van der Waals surface area contributed by atoms with Crippen molar-refractivity contribution in [2.24, 2.45) is 0 Å². The summed E-state index contributed by atoms with van der Waals surface area (Å²) in [7, 11) is 3.89. The minimum absolute atomic E-state index is 0.742. The highest BCUT2D eigenvalue weighted by molar-refractivity contribution is 7.09. The second-order valence-corrected chi connectivity index (χ2v) is 6.27. The van der Waals surface area contributed by atoms with Crippen LogP contribution in [0.3, 0.4) is 0 Å². The maximum atomic E-state index is 5.08. The summed E-state index contributed by atoms with van der Waals surface area (Å²) in [6.07, 6.45) is 0. The van der Waals surface area contributed by atoms with Crippen LogP contribution in [0.2, 0.25) is 0 Å². The van der Waals surface area contributed by atoms with Crippen molar-refractivity contribution in [1.29, 1.82) is 0 Å². The van der Waals surface area contributed by atoms with E-state index in [1.165, 1.54) is 21.7 Å². The molecule has 0 aliphatic rings. The molecule has 0 amide bonds. The zero-order chi connectivity index (χ0) is 15.1. The van der Waals surface area contributed by atoms with Gasteiger partial charge in [0.25, 0.3) is 0 Å². The summed E-state index contributed by atoms with van der Waals surface area (Å²) in [5.74, 6) is 0. The number of hydrogen-bond acceptors (Lipinski definition) is 4. The molecule has 1 aromatic heterocycles. The number of thiophene rings is 1. The van der Waals surface area contributed by atoms with E-state index in [9.17, 15) is 0 Å². The molecular weight excluding hydrogens is 280 g/mol. The van der Waals surface area contributed by atoms with Crippen LogP contribution in [0, 0.1) is 6.92 Å². The Morgan fingerprint density at radius 1 is 1.29 bits per heavy atom. The van der Waals surface area contributed by atoms with Crippen molar-refractivity contribution < 1.29 is 4.74 Å². The van der Waals surface area contributed by atoms with Crippen molar-refractivity contribution in [2.45, 2.75) is 20.0 Å². The fraction of sp³-hybridized carbons (Fsp3) is 0.412. The molecule has 0 aliphatic heterocycles. The van der Waals surface area contributed by atoms with Gasteiger partial charge in [-0.25, -0.2) is 0 Å². The fourth-order valence-electron chi connectivity index (χ4n) is 2.35. The lowest BCUT2D eigenvalue weighted by atomic mass is 10.1. The average molecular weight is 304 g/mol. The van der Waals surface area contributed by atoms with Crippen LogP contribution in [0.4, 0.5) is 5.69 Å². The van der Waals surface area contributed by atoms with Crippen molar-refractivity contribution in [3.8, 4) is 0 Å². The number of rotatable bonds is 8. The standard InChI is InChI=1S/C17H24N2OS/c1-14-6-7-17(15(11-14)12-18-8-9-20-3)19(2)13-16-5-4-10-21-16/h4-7,10-11,18H,8-9,12-13H2,1-3H3. The van der Waals surface area contributed by atoms with Gasteiger partial charge in [-0.3, -0.25) is 0 Å². The lowest BCUT2D eigenvalue weighted by Gasteiger charge is -2.22. The number of nitrogens with zero attached hydrogens (tertiary/aromatic N) is 1. The zero-order valence-electron chi connectivity index (χ0n) is 13.1. The molecule has 2 aromatic rings. The Labute approximate surface area is 131 Å². The highest BCUT2D eigenvalue weighted by Gasteiger charge is 2.09. The van der Waals surface area contributed by atoms with E-state index in [-0.39, 0.29) is 0 Å². The average Bonchev–Trinajstić information content (AvgIpc) is 2.96. The number of methoxy groups -OCH3 is 1. The van der Waals surface area contributed by atoms with Gasteiger partial charge < -0.3 is 15.0 Å². The summed E-state index contributed by atoms with van der Waals surface area (Å²) in [6.45, 7) is 5.58. The minimum Gasteiger partial charge on any atom is -0.383 e. The molecular formula is C17H24N2OS. The zero-order valence-corrected chi connectivity index (χ0v) is 13.9. The van der Waals surface area contributed by atoms with Gasteiger partial charge in [-0.15, -0.1) is 11.3 Å². The third-order valence-corrected chi connectivity index (χ3v) is 4.28. The van der Waals surface area contributed by atoms with E-state index < -0.39 is 0 Å². The normalized spacial score (nSPS) is 10.8. The summed E-state index contributed by atoms with van der Waals surface area (Å²) >= 11 is 1.81. The monoisotopic (exact) mass is 304 g/mol. The van der Waals surface area contributed by atoms with Crippen molar-refractivity contribution in [2.75, 3.05) is 32.2 Å². The molecule has 0 bridgehead atoms. The third-order valence-electron chi connectivity index (χ3n) is 3.42. The van der Waals surface area contributed by atoms with E-state index in [0.717, 1.165) is 26.2 Å². The Bertz CT molecular complexity index is 540. The van der Waals surface area contributed by atoms with Gasteiger partial charge in [-0.1, -0.05) is 23.8 Å². The predicted octanol–water partition coefficient (Wildman–Crippen LogP) is 3.43. The summed E-state index contributed by atoms with van der Waals surface area (Å²) in [5, 5.41) is 5.57. The van der Waals surface area contributed by atoms with Gasteiger partial charge in [0.05, 0.1) is 13.2 Å². The minimum atomic E-state index is 0.742. The molecule has 0 saturated heterocycles. The van der Waals surface area contributed by atoms with E-state index in [2.05, 4.69) is 59.9 Å². The molecule has 1 N–H and O–H groups in total. The Morgan fingerprint density at radius 3 is 2.86 bits per heavy atom. The smallest absolute Gasteiger partial charge is 0.0587 e. The van der Waals surface area contributed by atoms with Crippen LogP contribution in [0.5, 0.6) is 0 Å². The summed E-state index contributed by atoms with van der Waals surface area (Å²) in [4.78, 5) is 3.70. The van der Waals surface area contributed by atoms with Gasteiger partial charge in [0, 0.05) is 37.8 Å². The maximum Gasteiger partial charge on any atom is 0.0587 e. The predicted molar refractivity (Wildman–Crippen MR) is 91.2 cm³/mol. The van der Waals surface area contributed by atoms with Crippen LogP contribution in [0.25, 0.3) is 0 Å². The van der Waals surface area contributed by atoms with Crippen LogP contribution >= 0.6 is 11.3 Å². The lowest BCUT2D eigenvalue weighted by molar-refractivity contribution is 0.199. The van der Waals surface area contributed by atoms with Gasteiger partial charge >= 0.3 is 0 Å². The number of benzene rings is 1. The first-order valence-electron chi connectivity index (χ1n) is 7.23. The van der Waals surface area contributed by atoms with E-state index in [4.69, 9.17) is 4.74 Å². The molecule has 0 fully saturated rings. The molecule has 0 spiro atoms. The SMILES string of the molecule is COCCNCc1cc(C)ccc1N(C)Cc1cccs1. The number of nitrogens with one attached hydrogen (secondary N) is 1. The Balaban J connectivity index is 2.06.